The van der Waals surface area contributed by atoms with Gasteiger partial charge in [-0.05, 0) is 64.5 Å². The molecule has 0 N–H and O–H groups in total. The molecule has 2 amide bonds. The molecule has 0 unspecified atom stereocenters. The summed E-state index contributed by atoms with van der Waals surface area (Å²) in [6.45, 7) is 4.95. The SMILES string of the molecule is CCCOc1c(Br)cc(/C=N\N2C(=O)c3cccc4cccc(c34)C2=O)cc1OCC. The van der Waals surface area contributed by atoms with E-state index >= 15 is 0 Å². The predicted molar refractivity (Wildman–Crippen MR) is 123 cm³/mol. The van der Waals surface area contributed by atoms with Gasteiger partial charge in [-0.25, -0.2) is 0 Å². The van der Waals surface area contributed by atoms with Crippen LogP contribution < -0.4 is 9.47 Å². The van der Waals surface area contributed by atoms with Crippen LogP contribution >= 0.6 is 15.9 Å². The number of hydrazone groups is 1. The molecule has 0 saturated heterocycles. The highest BCUT2D eigenvalue weighted by Crippen LogP contribution is 2.37. The van der Waals surface area contributed by atoms with Gasteiger partial charge in [-0.3, -0.25) is 9.59 Å². The second kappa shape index (κ2) is 8.89. The van der Waals surface area contributed by atoms with Gasteiger partial charge in [0.1, 0.15) is 0 Å². The fourth-order valence-corrected chi connectivity index (χ4v) is 4.09. The van der Waals surface area contributed by atoms with E-state index in [0.29, 0.717) is 51.3 Å². The van der Waals surface area contributed by atoms with Crippen molar-refractivity contribution in [3.63, 3.8) is 0 Å². The number of amides is 2. The standard InChI is InChI=1S/C24H21BrN2O4/c1-3-11-31-22-19(25)12-15(13-20(22)30-4-2)14-26-27-23(28)17-9-5-7-16-8-6-10-18(21(16)17)24(27)29/h5-10,12-14H,3-4,11H2,1-2H3/b26-14-. The molecular weight excluding hydrogens is 460 g/mol. The van der Waals surface area contributed by atoms with E-state index in [-0.39, 0.29) is 0 Å². The molecule has 158 valence electrons. The number of imide groups is 1. The normalized spacial score (nSPS) is 13.3. The van der Waals surface area contributed by atoms with E-state index < -0.39 is 11.8 Å². The zero-order valence-corrected chi connectivity index (χ0v) is 18.8. The largest absolute Gasteiger partial charge is 0.490 e. The van der Waals surface area contributed by atoms with Crippen LogP contribution in [0.1, 0.15) is 46.5 Å². The molecule has 1 aliphatic heterocycles. The average molecular weight is 481 g/mol. The minimum absolute atomic E-state index is 0.447. The minimum atomic E-state index is -0.447. The number of hydrogen-bond donors (Lipinski definition) is 0. The Morgan fingerprint density at radius 3 is 2.29 bits per heavy atom. The van der Waals surface area contributed by atoms with Gasteiger partial charge in [0.25, 0.3) is 11.8 Å². The molecule has 7 heteroatoms. The molecule has 0 atom stereocenters. The summed E-state index contributed by atoms with van der Waals surface area (Å²) >= 11 is 3.51. The van der Waals surface area contributed by atoms with Crippen molar-refractivity contribution in [1.82, 2.24) is 5.01 Å². The Morgan fingerprint density at radius 2 is 1.68 bits per heavy atom. The van der Waals surface area contributed by atoms with Crippen molar-refractivity contribution in [3.05, 3.63) is 69.7 Å². The highest BCUT2D eigenvalue weighted by Gasteiger charge is 2.32. The molecular formula is C24H21BrN2O4. The van der Waals surface area contributed by atoms with E-state index in [4.69, 9.17) is 9.47 Å². The van der Waals surface area contributed by atoms with Gasteiger partial charge in [0, 0.05) is 5.39 Å². The maximum absolute atomic E-state index is 13.0. The predicted octanol–water partition coefficient (Wildman–Crippen LogP) is 5.42. The van der Waals surface area contributed by atoms with Crippen molar-refractivity contribution in [2.45, 2.75) is 20.3 Å². The van der Waals surface area contributed by atoms with Crippen LogP contribution in [0.4, 0.5) is 0 Å². The number of rotatable bonds is 7. The first-order valence-electron chi connectivity index (χ1n) is 10.1. The zero-order valence-electron chi connectivity index (χ0n) is 17.2. The molecule has 3 aromatic rings. The van der Waals surface area contributed by atoms with Crippen LogP contribution in [0, 0.1) is 0 Å². The lowest BCUT2D eigenvalue weighted by Gasteiger charge is -2.23. The highest BCUT2D eigenvalue weighted by molar-refractivity contribution is 9.10. The molecule has 0 spiro atoms. The monoisotopic (exact) mass is 480 g/mol. The maximum atomic E-state index is 13.0. The molecule has 0 fully saturated rings. The van der Waals surface area contributed by atoms with Crippen LogP contribution in [0.5, 0.6) is 11.5 Å². The summed E-state index contributed by atoms with van der Waals surface area (Å²) in [5, 5.41) is 6.66. The van der Waals surface area contributed by atoms with Gasteiger partial charge in [-0.1, -0.05) is 31.2 Å². The Morgan fingerprint density at radius 1 is 1.00 bits per heavy atom. The van der Waals surface area contributed by atoms with Crippen LogP contribution in [-0.2, 0) is 0 Å². The summed E-state index contributed by atoms with van der Waals surface area (Å²) in [7, 11) is 0. The molecule has 0 aromatic heterocycles. The van der Waals surface area contributed by atoms with Crippen molar-refractivity contribution < 1.29 is 19.1 Å². The molecule has 0 aliphatic carbocycles. The first-order chi connectivity index (χ1) is 15.0. The van der Waals surface area contributed by atoms with Gasteiger partial charge >= 0.3 is 0 Å². The number of halogens is 1. The lowest BCUT2D eigenvalue weighted by molar-refractivity contribution is 0.0616. The number of carbonyl (C=O) groups excluding carboxylic acids is 2. The molecule has 0 saturated carbocycles. The summed E-state index contributed by atoms with van der Waals surface area (Å²) in [6, 6.07) is 14.4. The van der Waals surface area contributed by atoms with E-state index in [2.05, 4.69) is 21.0 Å². The first kappa shape index (κ1) is 21.1. The van der Waals surface area contributed by atoms with Crippen LogP contribution in [0.3, 0.4) is 0 Å². The maximum Gasteiger partial charge on any atom is 0.282 e. The fraction of sp³-hybridized carbons (Fsp3) is 0.208. The van der Waals surface area contributed by atoms with Gasteiger partial charge in [0.2, 0.25) is 0 Å². The second-order valence-electron chi connectivity index (χ2n) is 6.99. The molecule has 1 aliphatic rings. The lowest BCUT2D eigenvalue weighted by atomic mass is 9.95. The molecule has 3 aromatic carbocycles. The van der Waals surface area contributed by atoms with Gasteiger partial charge in [-0.15, -0.1) is 0 Å². The highest BCUT2D eigenvalue weighted by atomic mass is 79.9. The van der Waals surface area contributed by atoms with Crippen molar-refractivity contribution in [3.8, 4) is 11.5 Å². The molecule has 31 heavy (non-hydrogen) atoms. The Balaban J connectivity index is 1.69. The first-order valence-corrected chi connectivity index (χ1v) is 10.9. The van der Waals surface area contributed by atoms with Crippen LogP contribution in [-0.4, -0.2) is 36.3 Å². The lowest BCUT2D eigenvalue weighted by Crippen LogP contribution is -2.36. The summed E-state index contributed by atoms with van der Waals surface area (Å²) < 4.78 is 12.2. The topological polar surface area (TPSA) is 68.2 Å². The number of benzene rings is 3. The average Bonchev–Trinajstić information content (AvgIpc) is 2.77. The van der Waals surface area contributed by atoms with Gasteiger partial charge < -0.3 is 9.47 Å². The van der Waals surface area contributed by atoms with E-state index in [1.165, 1.54) is 6.21 Å². The van der Waals surface area contributed by atoms with Crippen molar-refractivity contribution in [2.24, 2.45) is 5.10 Å². The van der Waals surface area contributed by atoms with Gasteiger partial charge in [0.15, 0.2) is 11.5 Å². The smallest absolute Gasteiger partial charge is 0.282 e. The third-order valence-corrected chi connectivity index (χ3v) is 5.44. The van der Waals surface area contributed by atoms with Gasteiger partial charge in [-0.2, -0.15) is 10.1 Å². The number of hydrogen-bond acceptors (Lipinski definition) is 5. The quantitative estimate of drug-likeness (QED) is 0.334. The van der Waals surface area contributed by atoms with Crippen LogP contribution in [0.25, 0.3) is 10.8 Å². The van der Waals surface area contributed by atoms with Crippen LogP contribution in [0.2, 0.25) is 0 Å². The summed E-state index contributed by atoms with van der Waals surface area (Å²) in [5.74, 6) is 0.292. The molecule has 0 bridgehead atoms. The summed E-state index contributed by atoms with van der Waals surface area (Å²) in [6.07, 6.45) is 2.34. The van der Waals surface area contributed by atoms with E-state index in [1.54, 1.807) is 30.3 Å². The van der Waals surface area contributed by atoms with Crippen molar-refractivity contribution >= 4 is 44.7 Å². The molecule has 1 heterocycles. The summed E-state index contributed by atoms with van der Waals surface area (Å²) in [4.78, 5) is 26.0. The van der Waals surface area contributed by atoms with Crippen molar-refractivity contribution in [1.29, 1.82) is 0 Å². The third-order valence-electron chi connectivity index (χ3n) is 4.85. The number of nitrogens with zero attached hydrogens (tertiary/aromatic N) is 2. The number of carbonyl (C=O) groups is 2. The third kappa shape index (κ3) is 3.93. The molecule has 0 radical (unpaired) electrons. The molecule has 6 nitrogen and oxygen atoms in total. The Labute approximate surface area is 188 Å². The number of ether oxygens (including phenoxy) is 2. The Kier molecular flexibility index (Phi) is 6.04. The Hall–Kier alpha value is -3.19. The van der Waals surface area contributed by atoms with E-state index in [9.17, 15) is 9.59 Å². The zero-order chi connectivity index (χ0) is 22.0. The fourth-order valence-electron chi connectivity index (χ4n) is 3.52. The van der Waals surface area contributed by atoms with E-state index in [1.807, 2.05) is 32.0 Å². The Bertz CT molecular complexity index is 1150. The second-order valence-corrected chi connectivity index (χ2v) is 7.84. The summed E-state index contributed by atoms with van der Waals surface area (Å²) in [5.41, 5.74) is 1.59. The van der Waals surface area contributed by atoms with Gasteiger partial charge in [0.05, 0.1) is 35.0 Å². The minimum Gasteiger partial charge on any atom is -0.490 e. The van der Waals surface area contributed by atoms with E-state index in [0.717, 1.165) is 16.8 Å². The van der Waals surface area contributed by atoms with Crippen molar-refractivity contribution in [2.75, 3.05) is 13.2 Å². The molecule has 4 rings (SSSR count). The van der Waals surface area contributed by atoms with Crippen LogP contribution in [0.15, 0.2) is 58.1 Å².